The Balaban J connectivity index is 1.79. The summed E-state index contributed by atoms with van der Waals surface area (Å²) < 4.78 is 26.1. The number of amides is 1. The molecule has 156 valence electrons. The Morgan fingerprint density at radius 1 is 1.10 bits per heavy atom. The van der Waals surface area contributed by atoms with Crippen LogP contribution < -0.4 is 14.5 Å². The van der Waals surface area contributed by atoms with E-state index in [2.05, 4.69) is 10.2 Å². The van der Waals surface area contributed by atoms with Crippen LogP contribution in [0.4, 0.5) is 17.1 Å². The molecule has 3 rings (SSSR count). The minimum atomic E-state index is -3.67. The molecule has 1 heterocycles. The number of sulfonamides is 1. The molecule has 1 fully saturated rings. The summed E-state index contributed by atoms with van der Waals surface area (Å²) in [5, 5.41) is 3.35. The normalized spacial score (nSPS) is 15.2. The van der Waals surface area contributed by atoms with E-state index in [1.54, 1.807) is 31.2 Å². The second-order valence-electron chi connectivity index (χ2n) is 7.19. The Morgan fingerprint density at radius 3 is 2.21 bits per heavy atom. The second-order valence-corrected chi connectivity index (χ2v) is 9.49. The molecular weight excluding hydrogens is 410 g/mol. The lowest BCUT2D eigenvalue weighted by molar-refractivity contribution is -0.117. The summed E-state index contributed by atoms with van der Waals surface area (Å²) in [6.45, 7) is 3.89. The topological polar surface area (TPSA) is 69.7 Å². The monoisotopic (exact) mass is 435 g/mol. The molecule has 6 nitrogen and oxygen atoms in total. The maximum absolute atomic E-state index is 13.0. The largest absolute Gasteiger partial charge is 0.372 e. The van der Waals surface area contributed by atoms with Gasteiger partial charge in [0, 0.05) is 29.5 Å². The van der Waals surface area contributed by atoms with Crippen LogP contribution in [0.15, 0.2) is 48.5 Å². The predicted octanol–water partition coefficient (Wildman–Crippen LogP) is 4.12. The molecule has 1 saturated heterocycles. The molecule has 8 heteroatoms. The van der Waals surface area contributed by atoms with Gasteiger partial charge in [0.25, 0.3) is 0 Å². The van der Waals surface area contributed by atoms with Crippen molar-refractivity contribution in [3.05, 3.63) is 53.6 Å². The van der Waals surface area contributed by atoms with Crippen LogP contribution in [0.1, 0.15) is 26.2 Å². The first-order valence-corrected chi connectivity index (χ1v) is 11.9. The maximum atomic E-state index is 13.0. The van der Waals surface area contributed by atoms with Crippen LogP contribution in [0, 0.1) is 0 Å². The lowest BCUT2D eigenvalue weighted by atomic mass is 10.1. The summed E-state index contributed by atoms with van der Waals surface area (Å²) in [5.41, 5.74) is 2.18. The van der Waals surface area contributed by atoms with Crippen molar-refractivity contribution in [3.63, 3.8) is 0 Å². The van der Waals surface area contributed by atoms with Crippen LogP contribution in [0.3, 0.4) is 0 Å². The van der Waals surface area contributed by atoms with E-state index in [0.29, 0.717) is 22.8 Å². The highest BCUT2D eigenvalue weighted by atomic mass is 35.5. The first-order valence-electron chi connectivity index (χ1n) is 9.70. The number of hydrogen-bond donors (Lipinski definition) is 1. The quantitative estimate of drug-likeness (QED) is 0.710. The molecule has 1 atom stereocenters. The van der Waals surface area contributed by atoms with Gasteiger partial charge in [-0.1, -0.05) is 18.5 Å². The second kappa shape index (κ2) is 9.05. The Hall–Kier alpha value is -2.25. The third-order valence-electron chi connectivity index (χ3n) is 5.02. The zero-order valence-corrected chi connectivity index (χ0v) is 18.2. The Bertz CT molecular complexity index is 940. The zero-order valence-electron chi connectivity index (χ0n) is 16.6. The van der Waals surface area contributed by atoms with Crippen molar-refractivity contribution in [1.29, 1.82) is 0 Å². The van der Waals surface area contributed by atoms with Crippen LogP contribution in [0.2, 0.25) is 5.02 Å². The number of benzene rings is 2. The van der Waals surface area contributed by atoms with Gasteiger partial charge in [-0.25, -0.2) is 8.42 Å². The van der Waals surface area contributed by atoms with Gasteiger partial charge in [0.15, 0.2) is 0 Å². The number of nitrogens with zero attached hydrogens (tertiary/aromatic N) is 2. The van der Waals surface area contributed by atoms with Crippen molar-refractivity contribution in [1.82, 2.24) is 0 Å². The van der Waals surface area contributed by atoms with E-state index < -0.39 is 16.1 Å². The van der Waals surface area contributed by atoms with Crippen LogP contribution in [0.5, 0.6) is 0 Å². The van der Waals surface area contributed by atoms with E-state index in [1.165, 1.54) is 12.8 Å². The minimum absolute atomic E-state index is 0.327. The maximum Gasteiger partial charge on any atom is 0.248 e. The third kappa shape index (κ3) is 5.22. The van der Waals surface area contributed by atoms with Crippen LogP contribution in [-0.2, 0) is 14.8 Å². The molecule has 1 amide bonds. The lowest BCUT2D eigenvalue weighted by Crippen LogP contribution is -2.47. The first-order chi connectivity index (χ1) is 13.8. The average Bonchev–Trinajstić information content (AvgIpc) is 3.21. The summed E-state index contributed by atoms with van der Waals surface area (Å²) in [4.78, 5) is 15.3. The van der Waals surface area contributed by atoms with Crippen LogP contribution in [-0.4, -0.2) is 39.7 Å². The van der Waals surface area contributed by atoms with Gasteiger partial charge < -0.3 is 10.2 Å². The minimum Gasteiger partial charge on any atom is -0.372 e. The number of halogens is 1. The fraction of sp³-hybridized carbons (Fsp3) is 0.381. The van der Waals surface area contributed by atoms with Crippen molar-refractivity contribution in [2.45, 2.75) is 32.2 Å². The molecule has 2 aromatic carbocycles. The highest BCUT2D eigenvalue weighted by Gasteiger charge is 2.31. The standard InChI is InChI=1S/C21H26ClN3O3S/c1-3-20(25(29(2,27)28)19-10-6-16(22)7-11-19)21(26)23-17-8-12-18(13-9-17)24-14-4-5-15-24/h6-13,20H,3-5,14-15H2,1-2H3,(H,23,26). The fourth-order valence-electron chi connectivity index (χ4n) is 3.60. The number of anilines is 3. The number of nitrogens with one attached hydrogen (secondary N) is 1. The van der Waals surface area contributed by atoms with Crippen LogP contribution in [0.25, 0.3) is 0 Å². The van der Waals surface area contributed by atoms with Gasteiger partial charge >= 0.3 is 0 Å². The summed E-state index contributed by atoms with van der Waals surface area (Å²) >= 11 is 5.92. The molecule has 1 aliphatic rings. The Labute approximate surface area is 177 Å². The summed E-state index contributed by atoms with van der Waals surface area (Å²) in [7, 11) is -3.67. The zero-order chi connectivity index (χ0) is 21.0. The van der Waals surface area contributed by atoms with Gasteiger partial charge in [-0.2, -0.15) is 0 Å². The molecule has 29 heavy (non-hydrogen) atoms. The van der Waals surface area contributed by atoms with E-state index in [-0.39, 0.29) is 5.91 Å². The molecule has 0 aliphatic carbocycles. The molecule has 0 aromatic heterocycles. The molecule has 2 aromatic rings. The first kappa shape index (κ1) is 21.5. The third-order valence-corrected chi connectivity index (χ3v) is 6.45. The average molecular weight is 436 g/mol. The highest BCUT2D eigenvalue weighted by molar-refractivity contribution is 7.92. The van der Waals surface area contributed by atoms with E-state index in [9.17, 15) is 13.2 Å². The number of carbonyl (C=O) groups is 1. The highest BCUT2D eigenvalue weighted by Crippen LogP contribution is 2.26. The Kier molecular flexibility index (Phi) is 6.70. The SMILES string of the molecule is CCC(C(=O)Nc1ccc(N2CCCC2)cc1)N(c1ccc(Cl)cc1)S(C)(=O)=O. The number of hydrogen-bond acceptors (Lipinski definition) is 4. The smallest absolute Gasteiger partial charge is 0.248 e. The van der Waals surface area contributed by atoms with Gasteiger partial charge in [0.1, 0.15) is 6.04 Å². The molecule has 1 N–H and O–H groups in total. The predicted molar refractivity (Wildman–Crippen MR) is 119 cm³/mol. The summed E-state index contributed by atoms with van der Waals surface area (Å²) in [5.74, 6) is -0.373. The van der Waals surface area contributed by atoms with Gasteiger partial charge in [-0.05, 0) is 67.8 Å². The number of rotatable bonds is 7. The van der Waals surface area contributed by atoms with Crippen molar-refractivity contribution in [2.75, 3.05) is 33.9 Å². The van der Waals surface area contributed by atoms with E-state index >= 15 is 0 Å². The lowest BCUT2D eigenvalue weighted by Gasteiger charge is -2.30. The van der Waals surface area contributed by atoms with Crippen molar-refractivity contribution >= 4 is 44.6 Å². The van der Waals surface area contributed by atoms with Gasteiger partial charge in [0.2, 0.25) is 15.9 Å². The van der Waals surface area contributed by atoms with Crippen LogP contribution >= 0.6 is 11.6 Å². The Morgan fingerprint density at radius 2 is 1.69 bits per heavy atom. The molecule has 1 unspecified atom stereocenters. The molecular formula is C21H26ClN3O3S. The van der Waals surface area contributed by atoms with E-state index in [0.717, 1.165) is 29.3 Å². The van der Waals surface area contributed by atoms with Crippen molar-refractivity contribution < 1.29 is 13.2 Å². The van der Waals surface area contributed by atoms with Crippen molar-refractivity contribution in [3.8, 4) is 0 Å². The van der Waals surface area contributed by atoms with Gasteiger partial charge in [0.05, 0.1) is 11.9 Å². The molecule has 0 saturated carbocycles. The molecule has 0 spiro atoms. The fourth-order valence-corrected chi connectivity index (χ4v) is 4.94. The molecule has 0 radical (unpaired) electrons. The molecule has 0 bridgehead atoms. The van der Waals surface area contributed by atoms with Gasteiger partial charge in [-0.15, -0.1) is 0 Å². The van der Waals surface area contributed by atoms with Crippen molar-refractivity contribution in [2.24, 2.45) is 0 Å². The summed E-state index contributed by atoms with van der Waals surface area (Å²) in [6.07, 6.45) is 3.82. The summed E-state index contributed by atoms with van der Waals surface area (Å²) in [6, 6.07) is 13.2. The van der Waals surface area contributed by atoms with Gasteiger partial charge in [-0.3, -0.25) is 9.10 Å². The van der Waals surface area contributed by atoms with E-state index in [4.69, 9.17) is 11.6 Å². The molecule has 1 aliphatic heterocycles. The van der Waals surface area contributed by atoms with E-state index in [1.807, 2.05) is 24.3 Å². The number of carbonyl (C=O) groups excluding carboxylic acids is 1.